The van der Waals surface area contributed by atoms with E-state index < -0.39 is 0 Å². The van der Waals surface area contributed by atoms with Gasteiger partial charge in [0.2, 0.25) is 0 Å². The molecule has 0 atom stereocenters. The lowest BCUT2D eigenvalue weighted by atomic mass is 10.2. The third-order valence-electron chi connectivity index (χ3n) is 2.30. The topological polar surface area (TPSA) is 35.8 Å². The molecule has 18 heavy (non-hydrogen) atoms. The average molecular weight is 478 g/mol. The fraction of sp³-hybridized carbons (Fsp3) is 0. The van der Waals surface area contributed by atoms with E-state index in [1.54, 1.807) is 12.1 Å². The van der Waals surface area contributed by atoms with Crippen molar-refractivity contribution in [3.05, 3.63) is 54.5 Å². The molecule has 0 radical (unpaired) electrons. The molecule has 0 fully saturated rings. The van der Waals surface area contributed by atoms with Crippen molar-refractivity contribution in [2.45, 2.75) is 0 Å². The van der Waals surface area contributed by atoms with Gasteiger partial charge in [-0.25, -0.2) is 0 Å². The van der Waals surface area contributed by atoms with Crippen LogP contribution in [0.4, 0.5) is 11.4 Å². The van der Waals surface area contributed by atoms with E-state index in [4.69, 9.17) is 5.26 Å². The number of hydrogen-bond acceptors (Lipinski definition) is 2. The first-order valence-corrected chi connectivity index (χ1v) is 7.68. The summed E-state index contributed by atoms with van der Waals surface area (Å²) in [4.78, 5) is 0. The zero-order chi connectivity index (χ0) is 13.1. The predicted octanol–water partition coefficient (Wildman–Crippen LogP) is 5.43. The van der Waals surface area contributed by atoms with E-state index in [0.717, 1.165) is 20.3 Å². The Morgan fingerprint density at radius 3 is 2.17 bits per heavy atom. The zero-order valence-corrected chi connectivity index (χ0v) is 14.4. The molecule has 0 spiro atoms. The summed E-state index contributed by atoms with van der Waals surface area (Å²) in [5.41, 5.74) is 2.55. The summed E-state index contributed by atoms with van der Waals surface area (Å²) in [5, 5.41) is 12.1. The van der Waals surface area contributed by atoms with Crippen LogP contribution in [0, 0.1) is 14.9 Å². The molecule has 0 saturated heterocycles. The molecule has 0 saturated carbocycles. The Hall–Kier alpha value is -0.580. The molecule has 0 heterocycles. The van der Waals surface area contributed by atoms with Crippen molar-refractivity contribution in [3.8, 4) is 6.07 Å². The molecule has 0 aliphatic heterocycles. The van der Waals surface area contributed by atoms with E-state index in [0.29, 0.717) is 5.56 Å². The second-order valence-electron chi connectivity index (χ2n) is 3.56. The molecule has 2 aromatic carbocycles. The van der Waals surface area contributed by atoms with Crippen molar-refractivity contribution in [2.24, 2.45) is 0 Å². The molecule has 2 nitrogen and oxygen atoms in total. The van der Waals surface area contributed by atoms with Gasteiger partial charge in [-0.3, -0.25) is 0 Å². The van der Waals surface area contributed by atoms with Gasteiger partial charge in [-0.05, 0) is 90.8 Å². The number of rotatable bonds is 2. The smallest absolute Gasteiger partial charge is 0.0992 e. The van der Waals surface area contributed by atoms with Gasteiger partial charge in [0, 0.05) is 12.5 Å². The van der Waals surface area contributed by atoms with Crippen LogP contribution in [0.25, 0.3) is 0 Å². The molecule has 1 N–H and O–H groups in total. The monoisotopic (exact) mass is 476 g/mol. The lowest BCUT2D eigenvalue weighted by Gasteiger charge is -2.10. The van der Waals surface area contributed by atoms with Gasteiger partial charge in [-0.1, -0.05) is 0 Å². The maximum absolute atomic E-state index is 8.82. The zero-order valence-electron chi connectivity index (χ0n) is 9.05. The average Bonchev–Trinajstić information content (AvgIpc) is 2.34. The Bertz CT molecular complexity index is 635. The van der Waals surface area contributed by atoms with E-state index in [2.05, 4.69) is 65.8 Å². The standard InChI is InChI=1S/C13H7Br2IN2/c14-10-5-8(7-17)1-3-12(10)18-13-4-2-9(16)6-11(13)15/h1-6,18H. The van der Waals surface area contributed by atoms with E-state index >= 15 is 0 Å². The maximum Gasteiger partial charge on any atom is 0.0992 e. The Balaban J connectivity index is 2.32. The highest BCUT2D eigenvalue weighted by molar-refractivity contribution is 14.1. The van der Waals surface area contributed by atoms with Gasteiger partial charge in [0.25, 0.3) is 0 Å². The highest BCUT2D eigenvalue weighted by Crippen LogP contribution is 2.31. The van der Waals surface area contributed by atoms with Gasteiger partial charge in [-0.15, -0.1) is 0 Å². The van der Waals surface area contributed by atoms with E-state index in [1.165, 1.54) is 3.57 Å². The molecule has 0 aliphatic carbocycles. The molecule has 5 heteroatoms. The predicted molar refractivity (Wildman–Crippen MR) is 89.0 cm³/mol. The summed E-state index contributed by atoms with van der Waals surface area (Å²) in [6.45, 7) is 0. The SMILES string of the molecule is N#Cc1ccc(Nc2ccc(I)cc2Br)c(Br)c1. The lowest BCUT2D eigenvalue weighted by Crippen LogP contribution is -1.93. The summed E-state index contributed by atoms with van der Waals surface area (Å²) in [6.07, 6.45) is 0. The fourth-order valence-corrected chi connectivity index (χ4v) is 3.30. The van der Waals surface area contributed by atoms with Gasteiger partial charge < -0.3 is 5.32 Å². The first-order valence-electron chi connectivity index (χ1n) is 5.02. The molecule has 0 aromatic heterocycles. The van der Waals surface area contributed by atoms with Crippen LogP contribution >= 0.6 is 54.5 Å². The molecule has 0 aliphatic rings. The fourth-order valence-electron chi connectivity index (χ4n) is 1.42. The highest BCUT2D eigenvalue weighted by Gasteiger charge is 2.05. The van der Waals surface area contributed by atoms with Gasteiger partial charge >= 0.3 is 0 Å². The summed E-state index contributed by atoms with van der Waals surface area (Å²) < 4.78 is 3.04. The molecule has 0 bridgehead atoms. The van der Waals surface area contributed by atoms with Crippen LogP contribution < -0.4 is 5.32 Å². The highest BCUT2D eigenvalue weighted by atomic mass is 127. The molecule has 2 aromatic rings. The van der Waals surface area contributed by atoms with Crippen LogP contribution in [0.1, 0.15) is 5.56 Å². The summed E-state index contributed by atoms with van der Waals surface area (Å²) in [5.74, 6) is 0. The Morgan fingerprint density at radius 1 is 1.00 bits per heavy atom. The van der Waals surface area contributed by atoms with Crippen LogP contribution in [-0.2, 0) is 0 Å². The molecule has 90 valence electrons. The van der Waals surface area contributed by atoms with Crippen molar-refractivity contribution in [1.29, 1.82) is 5.26 Å². The molecule has 0 amide bonds. The largest absolute Gasteiger partial charge is 0.354 e. The number of nitriles is 1. The van der Waals surface area contributed by atoms with Crippen molar-refractivity contribution >= 4 is 65.8 Å². The van der Waals surface area contributed by atoms with Gasteiger partial charge in [-0.2, -0.15) is 5.26 Å². The molecular formula is C13H7Br2IN2. The van der Waals surface area contributed by atoms with Gasteiger partial charge in [0.05, 0.1) is 23.0 Å². The number of nitrogens with zero attached hydrogens (tertiary/aromatic N) is 1. The van der Waals surface area contributed by atoms with Crippen LogP contribution in [-0.4, -0.2) is 0 Å². The molecule has 2 rings (SSSR count). The number of nitrogens with one attached hydrogen (secondary N) is 1. The second kappa shape index (κ2) is 6.04. The van der Waals surface area contributed by atoms with Crippen LogP contribution in [0.2, 0.25) is 0 Å². The molecular weight excluding hydrogens is 471 g/mol. The molecule has 0 unspecified atom stereocenters. The Morgan fingerprint density at radius 2 is 1.61 bits per heavy atom. The van der Waals surface area contributed by atoms with E-state index in [9.17, 15) is 0 Å². The summed E-state index contributed by atoms with van der Waals surface area (Å²) in [6, 6.07) is 13.7. The second-order valence-corrected chi connectivity index (χ2v) is 6.51. The minimum atomic E-state index is 0.633. The number of hydrogen-bond donors (Lipinski definition) is 1. The number of halogens is 3. The van der Waals surface area contributed by atoms with Crippen molar-refractivity contribution in [1.82, 2.24) is 0 Å². The van der Waals surface area contributed by atoms with Crippen LogP contribution in [0.5, 0.6) is 0 Å². The minimum Gasteiger partial charge on any atom is -0.354 e. The number of benzene rings is 2. The maximum atomic E-state index is 8.82. The minimum absolute atomic E-state index is 0.633. The van der Waals surface area contributed by atoms with Crippen molar-refractivity contribution in [3.63, 3.8) is 0 Å². The van der Waals surface area contributed by atoms with Crippen molar-refractivity contribution < 1.29 is 0 Å². The third-order valence-corrected chi connectivity index (χ3v) is 4.28. The summed E-state index contributed by atoms with van der Waals surface area (Å²) in [7, 11) is 0. The lowest BCUT2D eigenvalue weighted by molar-refractivity contribution is 1.45. The van der Waals surface area contributed by atoms with Crippen LogP contribution in [0.15, 0.2) is 45.3 Å². The van der Waals surface area contributed by atoms with E-state index in [-0.39, 0.29) is 0 Å². The van der Waals surface area contributed by atoms with Crippen LogP contribution in [0.3, 0.4) is 0 Å². The first-order chi connectivity index (χ1) is 8.60. The summed E-state index contributed by atoms with van der Waals surface area (Å²) >= 11 is 9.24. The quantitative estimate of drug-likeness (QED) is 0.585. The Kier molecular flexibility index (Phi) is 4.65. The van der Waals surface area contributed by atoms with Gasteiger partial charge in [0.15, 0.2) is 0 Å². The first kappa shape index (κ1) is 13.8. The van der Waals surface area contributed by atoms with Crippen molar-refractivity contribution in [2.75, 3.05) is 5.32 Å². The normalized spacial score (nSPS) is 9.89. The Labute approximate surface area is 136 Å². The van der Waals surface area contributed by atoms with E-state index in [1.807, 2.05) is 24.3 Å². The van der Waals surface area contributed by atoms with Gasteiger partial charge in [0.1, 0.15) is 0 Å². The number of anilines is 2. The third kappa shape index (κ3) is 3.25.